The number of urea groups is 1. The van der Waals surface area contributed by atoms with Crippen molar-refractivity contribution in [2.45, 2.75) is 31.5 Å². The van der Waals surface area contributed by atoms with Crippen molar-refractivity contribution in [3.05, 3.63) is 82.8 Å². The van der Waals surface area contributed by atoms with E-state index in [0.29, 0.717) is 28.0 Å². The van der Waals surface area contributed by atoms with Gasteiger partial charge in [-0.15, -0.1) is 0 Å². The van der Waals surface area contributed by atoms with E-state index >= 15 is 4.39 Å². The molecule has 2 aromatic carbocycles. The van der Waals surface area contributed by atoms with Crippen LogP contribution >= 0.6 is 0 Å². The maximum atomic E-state index is 16.0. The third kappa shape index (κ3) is 5.37. The van der Waals surface area contributed by atoms with E-state index in [2.05, 4.69) is 10.4 Å². The molecule has 2 atom stereocenters. The smallest absolute Gasteiger partial charge is 0.363 e. The van der Waals surface area contributed by atoms with E-state index in [1.165, 1.54) is 29.2 Å². The minimum Gasteiger partial charge on any atom is -0.363 e. The van der Waals surface area contributed by atoms with Crippen LogP contribution in [0, 0.1) is 23.4 Å². The Morgan fingerprint density at radius 3 is 2.27 bits per heavy atom. The highest BCUT2D eigenvalue weighted by Crippen LogP contribution is 2.45. The lowest BCUT2D eigenvalue weighted by Gasteiger charge is -2.22. The van der Waals surface area contributed by atoms with E-state index in [1.54, 1.807) is 0 Å². The van der Waals surface area contributed by atoms with Crippen LogP contribution in [0.25, 0.3) is 0 Å². The van der Waals surface area contributed by atoms with Crippen molar-refractivity contribution in [1.29, 1.82) is 0 Å². The summed E-state index contributed by atoms with van der Waals surface area (Å²) in [5.74, 6) is -11.0. The molecule has 0 bridgehead atoms. The van der Waals surface area contributed by atoms with Crippen molar-refractivity contribution in [2.75, 3.05) is 25.0 Å². The molecule has 3 aromatic rings. The number of imide groups is 1. The number of amides is 3. The quantitative estimate of drug-likeness (QED) is 0.434. The Kier molecular flexibility index (Phi) is 7.49. The van der Waals surface area contributed by atoms with Crippen LogP contribution in [0.15, 0.2) is 48.5 Å². The highest BCUT2D eigenvalue weighted by Gasteiger charge is 2.58. The SMILES string of the molecule is O=C1C(c2nn(C(=O)c3ccccc3F)c(NCc3ccc(F)cc3)c2F)C(C(F)(F)F)CN1C(=O)N1CCCC1. The molecule has 0 saturated carbocycles. The maximum absolute atomic E-state index is 16.0. The fourth-order valence-electron chi connectivity index (χ4n) is 5.03. The van der Waals surface area contributed by atoms with Gasteiger partial charge in [-0.25, -0.2) is 18.0 Å². The Labute approximate surface area is 229 Å². The van der Waals surface area contributed by atoms with Crippen LogP contribution in [0.5, 0.6) is 0 Å². The number of carbonyl (C=O) groups excluding carboxylic acids is 3. The second kappa shape index (κ2) is 10.9. The predicted molar refractivity (Wildman–Crippen MR) is 132 cm³/mol. The van der Waals surface area contributed by atoms with E-state index in [0.717, 1.165) is 24.3 Å². The number of halogens is 6. The molecule has 14 heteroatoms. The van der Waals surface area contributed by atoms with Crippen molar-refractivity contribution in [3.63, 3.8) is 0 Å². The van der Waals surface area contributed by atoms with Crippen LogP contribution in [-0.2, 0) is 11.3 Å². The van der Waals surface area contributed by atoms with Crippen molar-refractivity contribution in [1.82, 2.24) is 19.6 Å². The minimum absolute atomic E-state index is 0.228. The number of rotatable bonds is 5. The summed E-state index contributed by atoms with van der Waals surface area (Å²) in [5.41, 5.74) is -1.16. The molecule has 3 heterocycles. The van der Waals surface area contributed by atoms with Crippen molar-refractivity contribution in [2.24, 2.45) is 5.92 Å². The van der Waals surface area contributed by atoms with Gasteiger partial charge in [-0.2, -0.15) is 23.0 Å². The van der Waals surface area contributed by atoms with E-state index in [-0.39, 0.29) is 19.6 Å². The van der Waals surface area contributed by atoms with Crippen LogP contribution in [-0.4, -0.2) is 63.2 Å². The number of likely N-dealkylation sites (tertiary alicyclic amines) is 2. The first-order chi connectivity index (χ1) is 19.5. The fraction of sp³-hybridized carbons (Fsp3) is 0.333. The van der Waals surface area contributed by atoms with Crippen LogP contribution in [0.1, 0.15) is 40.4 Å². The van der Waals surface area contributed by atoms with Gasteiger partial charge in [0.15, 0.2) is 11.6 Å². The molecule has 2 fully saturated rings. The Balaban J connectivity index is 1.57. The molecule has 8 nitrogen and oxygen atoms in total. The zero-order chi connectivity index (χ0) is 29.5. The summed E-state index contributed by atoms with van der Waals surface area (Å²) in [6.45, 7) is -0.745. The maximum Gasteiger partial charge on any atom is 0.394 e. The zero-order valence-corrected chi connectivity index (χ0v) is 21.3. The molecule has 3 amide bonds. The Bertz CT molecular complexity index is 1480. The molecule has 1 N–H and O–H groups in total. The van der Waals surface area contributed by atoms with Crippen molar-refractivity contribution < 1.29 is 40.7 Å². The zero-order valence-electron chi connectivity index (χ0n) is 21.3. The molecule has 0 aliphatic carbocycles. The number of carbonyl (C=O) groups is 3. The Morgan fingerprint density at radius 1 is 0.976 bits per heavy atom. The monoisotopic (exact) mass is 579 g/mol. The van der Waals surface area contributed by atoms with Crippen molar-refractivity contribution in [3.8, 4) is 0 Å². The summed E-state index contributed by atoms with van der Waals surface area (Å²) in [5, 5.41) is 6.33. The first-order valence-electron chi connectivity index (χ1n) is 12.7. The average Bonchev–Trinajstić information content (AvgIpc) is 3.66. The molecule has 41 heavy (non-hydrogen) atoms. The highest BCUT2D eigenvalue weighted by molar-refractivity contribution is 6.01. The van der Waals surface area contributed by atoms with Gasteiger partial charge in [-0.05, 0) is 42.7 Å². The molecular formula is C27H23F6N5O3. The van der Waals surface area contributed by atoms with Crippen LogP contribution in [0.3, 0.4) is 0 Å². The molecule has 0 radical (unpaired) electrons. The number of anilines is 1. The van der Waals surface area contributed by atoms with E-state index in [4.69, 9.17) is 0 Å². The summed E-state index contributed by atoms with van der Waals surface area (Å²) in [6.07, 6.45) is -3.78. The summed E-state index contributed by atoms with van der Waals surface area (Å²) < 4.78 is 86.6. The third-order valence-electron chi connectivity index (χ3n) is 7.16. The molecule has 2 unspecified atom stereocenters. The predicted octanol–water partition coefficient (Wildman–Crippen LogP) is 4.92. The average molecular weight is 580 g/mol. The number of hydrogen-bond acceptors (Lipinski definition) is 5. The van der Waals surface area contributed by atoms with Gasteiger partial charge in [0, 0.05) is 26.2 Å². The molecule has 1 aromatic heterocycles. The Hall–Kier alpha value is -4.36. The second-order valence-corrected chi connectivity index (χ2v) is 9.78. The number of hydrogen-bond donors (Lipinski definition) is 1. The van der Waals surface area contributed by atoms with Gasteiger partial charge in [0.25, 0.3) is 5.91 Å². The first kappa shape index (κ1) is 28.2. The number of benzene rings is 2. The molecule has 2 saturated heterocycles. The van der Waals surface area contributed by atoms with Gasteiger partial charge in [0.2, 0.25) is 5.91 Å². The summed E-state index contributed by atoms with van der Waals surface area (Å²) in [4.78, 5) is 41.1. The molecule has 2 aliphatic rings. The van der Waals surface area contributed by atoms with Gasteiger partial charge in [-0.1, -0.05) is 24.3 Å². The minimum atomic E-state index is -5.03. The molecular weight excluding hydrogens is 556 g/mol. The van der Waals surface area contributed by atoms with Gasteiger partial charge in [-0.3, -0.25) is 14.5 Å². The standard InChI is InChI=1S/C27H23F6N5O3/c28-16-9-7-15(8-10-16)13-34-23-21(30)22(35-38(23)24(39)17-5-1-2-6-19(17)29)20-18(27(31,32)33)14-37(25(20)40)26(41)36-11-3-4-12-36/h1-2,5-10,18,20,34H,3-4,11-14H2. The lowest BCUT2D eigenvalue weighted by molar-refractivity contribution is -0.175. The Morgan fingerprint density at radius 2 is 1.63 bits per heavy atom. The largest absolute Gasteiger partial charge is 0.394 e. The van der Waals surface area contributed by atoms with Gasteiger partial charge >= 0.3 is 12.2 Å². The first-order valence-corrected chi connectivity index (χ1v) is 12.7. The fourth-order valence-corrected chi connectivity index (χ4v) is 5.03. The number of aromatic nitrogens is 2. The highest BCUT2D eigenvalue weighted by atomic mass is 19.4. The lowest BCUT2D eigenvalue weighted by atomic mass is 9.91. The van der Waals surface area contributed by atoms with Gasteiger partial charge < -0.3 is 10.2 Å². The van der Waals surface area contributed by atoms with Crippen LogP contribution in [0.4, 0.5) is 37.0 Å². The van der Waals surface area contributed by atoms with E-state index in [1.807, 2.05) is 0 Å². The van der Waals surface area contributed by atoms with Crippen LogP contribution < -0.4 is 5.32 Å². The normalized spacial score (nSPS) is 19.2. The summed E-state index contributed by atoms with van der Waals surface area (Å²) >= 11 is 0. The number of nitrogens with zero attached hydrogens (tertiary/aromatic N) is 4. The molecule has 216 valence electrons. The van der Waals surface area contributed by atoms with E-state index < -0.39 is 76.9 Å². The number of nitrogens with one attached hydrogen (secondary N) is 1. The van der Waals surface area contributed by atoms with Crippen LogP contribution in [0.2, 0.25) is 0 Å². The third-order valence-corrected chi connectivity index (χ3v) is 7.16. The van der Waals surface area contributed by atoms with Crippen molar-refractivity contribution >= 4 is 23.7 Å². The van der Waals surface area contributed by atoms with E-state index in [9.17, 15) is 36.3 Å². The van der Waals surface area contributed by atoms with Gasteiger partial charge in [0.05, 0.1) is 17.4 Å². The van der Waals surface area contributed by atoms with Gasteiger partial charge in [0.1, 0.15) is 17.3 Å². The topological polar surface area (TPSA) is 87.5 Å². The lowest BCUT2D eigenvalue weighted by Crippen LogP contribution is -2.43. The molecule has 0 spiro atoms. The summed E-state index contributed by atoms with van der Waals surface area (Å²) in [6, 6.07) is 8.69. The molecule has 2 aliphatic heterocycles. The number of alkyl halides is 3. The molecule has 5 rings (SSSR count). The summed E-state index contributed by atoms with van der Waals surface area (Å²) in [7, 11) is 0. The second-order valence-electron chi connectivity index (χ2n) is 9.78.